The van der Waals surface area contributed by atoms with Gasteiger partial charge in [-0.2, -0.15) is 0 Å². The van der Waals surface area contributed by atoms with E-state index in [9.17, 15) is 19.5 Å². The number of carbonyl (C=O) groups excluding carboxylic acids is 2. The summed E-state index contributed by atoms with van der Waals surface area (Å²) < 4.78 is 0. The van der Waals surface area contributed by atoms with Gasteiger partial charge in [0.2, 0.25) is 5.91 Å². The van der Waals surface area contributed by atoms with Crippen LogP contribution >= 0.6 is 0 Å². The number of hydrogen-bond acceptors (Lipinski definition) is 4. The number of likely N-dealkylation sites (tertiary alicyclic amines) is 1. The Hall–Kier alpha value is -2.41. The smallest absolute Gasteiger partial charge is 0.326 e. The maximum absolute atomic E-state index is 12.2. The fourth-order valence-corrected chi connectivity index (χ4v) is 2.67. The van der Waals surface area contributed by atoms with Crippen molar-refractivity contribution in [3.8, 4) is 0 Å². The fourth-order valence-electron chi connectivity index (χ4n) is 2.67. The van der Waals surface area contributed by atoms with Gasteiger partial charge in [-0.05, 0) is 26.2 Å². The molecule has 0 saturated carbocycles. The van der Waals surface area contributed by atoms with Crippen LogP contribution in [0.2, 0.25) is 0 Å². The third-order valence-electron chi connectivity index (χ3n) is 3.73. The van der Waals surface area contributed by atoms with Crippen LogP contribution in [-0.2, 0) is 9.59 Å². The van der Waals surface area contributed by atoms with Gasteiger partial charge in [-0.15, -0.1) is 0 Å². The highest BCUT2D eigenvalue weighted by Crippen LogP contribution is 2.19. The number of carbonyl (C=O) groups is 3. The van der Waals surface area contributed by atoms with E-state index in [1.165, 1.54) is 4.90 Å². The molecule has 0 bridgehead atoms. The van der Waals surface area contributed by atoms with E-state index in [0.717, 1.165) is 0 Å². The predicted octanol–water partition coefficient (Wildman–Crippen LogP) is 0.0321. The first kappa shape index (κ1) is 17.0. The second-order valence-corrected chi connectivity index (χ2v) is 5.91. The van der Waals surface area contributed by atoms with E-state index in [2.05, 4.69) is 5.32 Å². The molecular formula is C16H21N3O4. The lowest BCUT2D eigenvalue weighted by Crippen LogP contribution is -2.45. The van der Waals surface area contributed by atoms with Gasteiger partial charge in [-0.25, -0.2) is 4.79 Å². The van der Waals surface area contributed by atoms with Gasteiger partial charge in [0.25, 0.3) is 5.91 Å². The molecule has 1 aromatic carbocycles. The molecular weight excluding hydrogens is 298 g/mol. The lowest BCUT2D eigenvalue weighted by Gasteiger charge is -2.23. The molecule has 0 spiro atoms. The van der Waals surface area contributed by atoms with Crippen LogP contribution in [0, 0.1) is 0 Å². The summed E-state index contributed by atoms with van der Waals surface area (Å²) in [7, 11) is 3.50. The zero-order valence-electron chi connectivity index (χ0n) is 13.2. The molecule has 2 N–H and O–H groups in total. The van der Waals surface area contributed by atoms with Crippen LogP contribution in [0.5, 0.6) is 0 Å². The maximum atomic E-state index is 12.2. The zero-order valence-corrected chi connectivity index (χ0v) is 13.2. The minimum absolute atomic E-state index is 0.142. The number of nitrogens with zero attached hydrogens (tertiary/aromatic N) is 2. The van der Waals surface area contributed by atoms with Crippen molar-refractivity contribution in [2.45, 2.75) is 18.5 Å². The van der Waals surface area contributed by atoms with Crippen molar-refractivity contribution >= 4 is 17.8 Å². The normalized spacial score (nSPS) is 20.6. The van der Waals surface area contributed by atoms with Gasteiger partial charge in [0.05, 0.1) is 6.54 Å². The van der Waals surface area contributed by atoms with Gasteiger partial charge < -0.3 is 20.2 Å². The molecule has 2 amide bonds. The van der Waals surface area contributed by atoms with Crippen LogP contribution in [0.15, 0.2) is 30.3 Å². The second kappa shape index (κ2) is 7.23. The van der Waals surface area contributed by atoms with E-state index < -0.39 is 12.0 Å². The van der Waals surface area contributed by atoms with E-state index in [1.807, 2.05) is 6.07 Å². The summed E-state index contributed by atoms with van der Waals surface area (Å²) in [5.74, 6) is -1.56. The number of carboxylic acids is 1. The quantitative estimate of drug-likeness (QED) is 0.799. The Balaban J connectivity index is 2.03. The molecule has 1 heterocycles. The van der Waals surface area contributed by atoms with E-state index in [1.54, 1.807) is 43.3 Å². The summed E-state index contributed by atoms with van der Waals surface area (Å²) in [6, 6.07) is 7.45. The first-order valence-corrected chi connectivity index (χ1v) is 7.41. The molecule has 1 saturated heterocycles. The van der Waals surface area contributed by atoms with Gasteiger partial charge in [-0.3, -0.25) is 9.59 Å². The van der Waals surface area contributed by atoms with Crippen molar-refractivity contribution in [2.24, 2.45) is 0 Å². The average molecular weight is 319 g/mol. The van der Waals surface area contributed by atoms with Gasteiger partial charge in [-0.1, -0.05) is 18.2 Å². The number of aliphatic carboxylic acids is 1. The van der Waals surface area contributed by atoms with E-state index in [4.69, 9.17) is 0 Å². The highest BCUT2D eigenvalue weighted by Gasteiger charge is 2.40. The monoisotopic (exact) mass is 319 g/mol. The molecule has 1 aromatic rings. The molecule has 23 heavy (non-hydrogen) atoms. The topological polar surface area (TPSA) is 90.0 Å². The van der Waals surface area contributed by atoms with E-state index in [-0.39, 0.29) is 37.4 Å². The summed E-state index contributed by atoms with van der Waals surface area (Å²) in [6.45, 7) is 0.353. The number of amides is 2. The molecule has 0 aromatic heterocycles. The summed E-state index contributed by atoms with van der Waals surface area (Å²) >= 11 is 0. The van der Waals surface area contributed by atoms with E-state index in [0.29, 0.717) is 5.56 Å². The standard InChI is InChI=1S/C16H21N3O4/c1-18(2)10-14(20)19-9-12(8-13(19)16(22)23)17-15(21)11-6-4-3-5-7-11/h3-7,12-13H,8-10H2,1-2H3,(H,17,21)(H,22,23). The summed E-state index contributed by atoms with van der Waals surface area (Å²) in [4.78, 5) is 38.7. The third kappa shape index (κ3) is 4.29. The molecule has 1 fully saturated rings. The van der Waals surface area contributed by atoms with Gasteiger partial charge in [0, 0.05) is 24.6 Å². The van der Waals surface area contributed by atoms with Crippen LogP contribution in [0.25, 0.3) is 0 Å². The Morgan fingerprint density at radius 2 is 1.91 bits per heavy atom. The molecule has 1 aliphatic rings. The number of likely N-dealkylation sites (N-methyl/N-ethyl adjacent to an activating group) is 1. The summed E-state index contributed by atoms with van der Waals surface area (Å²) in [5.41, 5.74) is 0.512. The Labute approximate surface area is 134 Å². The van der Waals surface area contributed by atoms with Gasteiger partial charge in [0.1, 0.15) is 6.04 Å². The van der Waals surface area contributed by atoms with Crippen LogP contribution in [0.4, 0.5) is 0 Å². The molecule has 2 atom stereocenters. The Morgan fingerprint density at radius 3 is 2.48 bits per heavy atom. The molecule has 1 aliphatic heterocycles. The lowest BCUT2D eigenvalue weighted by atomic mass is 10.1. The van der Waals surface area contributed by atoms with Crippen LogP contribution in [-0.4, -0.2) is 72.0 Å². The third-order valence-corrected chi connectivity index (χ3v) is 3.73. The molecule has 7 nitrogen and oxygen atoms in total. The molecule has 2 rings (SSSR count). The summed E-state index contributed by atoms with van der Waals surface area (Å²) in [6.07, 6.45) is 0.215. The SMILES string of the molecule is CN(C)CC(=O)N1CC(NC(=O)c2ccccc2)CC1C(=O)O. The van der Waals surface area contributed by atoms with E-state index >= 15 is 0 Å². The second-order valence-electron chi connectivity index (χ2n) is 5.91. The van der Waals surface area contributed by atoms with Crippen molar-refractivity contribution in [2.75, 3.05) is 27.2 Å². The number of hydrogen-bond donors (Lipinski definition) is 2. The van der Waals surface area contributed by atoms with Crippen LogP contribution < -0.4 is 5.32 Å². The molecule has 2 unspecified atom stereocenters. The Bertz CT molecular complexity index is 588. The first-order chi connectivity index (χ1) is 10.9. The average Bonchev–Trinajstić information content (AvgIpc) is 2.91. The Kier molecular flexibility index (Phi) is 5.33. The number of carboxylic acid groups (broad SMARTS) is 1. The van der Waals surface area contributed by atoms with Crippen LogP contribution in [0.1, 0.15) is 16.8 Å². The van der Waals surface area contributed by atoms with Gasteiger partial charge >= 0.3 is 5.97 Å². The predicted molar refractivity (Wildman–Crippen MR) is 84.0 cm³/mol. The minimum Gasteiger partial charge on any atom is -0.480 e. The Morgan fingerprint density at radius 1 is 1.26 bits per heavy atom. The number of benzene rings is 1. The maximum Gasteiger partial charge on any atom is 0.326 e. The molecule has 124 valence electrons. The van der Waals surface area contributed by atoms with Crippen molar-refractivity contribution in [3.05, 3.63) is 35.9 Å². The highest BCUT2D eigenvalue weighted by molar-refractivity contribution is 5.94. The zero-order chi connectivity index (χ0) is 17.0. The number of nitrogens with one attached hydrogen (secondary N) is 1. The minimum atomic E-state index is -1.05. The highest BCUT2D eigenvalue weighted by atomic mass is 16.4. The van der Waals surface area contributed by atoms with Crippen molar-refractivity contribution in [1.29, 1.82) is 0 Å². The van der Waals surface area contributed by atoms with Crippen LogP contribution in [0.3, 0.4) is 0 Å². The first-order valence-electron chi connectivity index (χ1n) is 7.41. The summed E-state index contributed by atoms with van der Waals surface area (Å²) in [5, 5.41) is 12.1. The molecule has 0 aliphatic carbocycles. The van der Waals surface area contributed by atoms with Crippen molar-refractivity contribution in [3.63, 3.8) is 0 Å². The molecule has 7 heteroatoms. The lowest BCUT2D eigenvalue weighted by molar-refractivity contribution is -0.148. The van der Waals surface area contributed by atoms with Gasteiger partial charge in [0.15, 0.2) is 0 Å². The van der Waals surface area contributed by atoms with Crippen molar-refractivity contribution in [1.82, 2.24) is 15.1 Å². The largest absolute Gasteiger partial charge is 0.480 e. The fraction of sp³-hybridized carbons (Fsp3) is 0.438. The van der Waals surface area contributed by atoms with Crippen molar-refractivity contribution < 1.29 is 19.5 Å². The number of rotatable bonds is 5. The molecule has 0 radical (unpaired) electrons.